The second-order valence-corrected chi connectivity index (χ2v) is 5.88. The molecule has 2 heterocycles. The zero-order valence-corrected chi connectivity index (χ0v) is 12.8. The first-order valence-corrected chi connectivity index (χ1v) is 6.90. The Morgan fingerprint density at radius 2 is 2.14 bits per heavy atom. The van der Waals surface area contributed by atoms with E-state index in [1.54, 1.807) is 32.9 Å². The molecule has 0 radical (unpaired) electrons. The molecule has 1 aliphatic rings. The number of hydrogen-bond acceptors (Lipinski definition) is 5. The first-order valence-electron chi connectivity index (χ1n) is 6.90. The van der Waals surface area contributed by atoms with E-state index in [2.05, 4.69) is 5.43 Å². The van der Waals surface area contributed by atoms with E-state index in [9.17, 15) is 14.4 Å². The van der Waals surface area contributed by atoms with Crippen LogP contribution in [-0.2, 0) is 16.1 Å². The van der Waals surface area contributed by atoms with Crippen molar-refractivity contribution in [2.24, 2.45) is 0 Å². The van der Waals surface area contributed by atoms with Gasteiger partial charge in [0.2, 0.25) is 0 Å². The molecule has 1 saturated heterocycles. The van der Waals surface area contributed by atoms with Crippen molar-refractivity contribution in [1.82, 2.24) is 15.3 Å². The van der Waals surface area contributed by atoms with Crippen molar-refractivity contribution in [3.63, 3.8) is 0 Å². The topological polar surface area (TPSA) is 92.1 Å². The lowest BCUT2D eigenvalue weighted by molar-refractivity contribution is -0.133. The SMILES string of the molecule is CC(C)(C)OC(=O)NN1C(=O)CCN(Cc2ccco2)C1=O. The summed E-state index contributed by atoms with van der Waals surface area (Å²) in [4.78, 5) is 37.3. The number of carbonyl (C=O) groups excluding carboxylic acids is 3. The molecular weight excluding hydrogens is 290 g/mol. The maximum Gasteiger partial charge on any atom is 0.427 e. The molecule has 1 aromatic heterocycles. The average Bonchev–Trinajstić information content (AvgIpc) is 2.89. The molecule has 1 N–H and O–H groups in total. The molecule has 0 atom stereocenters. The van der Waals surface area contributed by atoms with Gasteiger partial charge in [-0.2, -0.15) is 5.01 Å². The number of ether oxygens (including phenoxy) is 1. The molecule has 0 spiro atoms. The highest BCUT2D eigenvalue weighted by Gasteiger charge is 2.34. The van der Waals surface area contributed by atoms with Gasteiger partial charge in [-0.05, 0) is 32.9 Å². The summed E-state index contributed by atoms with van der Waals surface area (Å²) in [5.41, 5.74) is 1.46. The van der Waals surface area contributed by atoms with E-state index in [0.717, 1.165) is 0 Å². The summed E-state index contributed by atoms with van der Waals surface area (Å²) < 4.78 is 10.2. The van der Waals surface area contributed by atoms with Gasteiger partial charge in [-0.3, -0.25) is 4.79 Å². The van der Waals surface area contributed by atoms with E-state index >= 15 is 0 Å². The monoisotopic (exact) mass is 309 g/mol. The summed E-state index contributed by atoms with van der Waals surface area (Å²) in [5.74, 6) is 0.117. The highest BCUT2D eigenvalue weighted by atomic mass is 16.6. The Hall–Kier alpha value is -2.51. The summed E-state index contributed by atoms with van der Waals surface area (Å²) >= 11 is 0. The van der Waals surface area contributed by atoms with E-state index in [0.29, 0.717) is 10.8 Å². The Balaban J connectivity index is 2.01. The van der Waals surface area contributed by atoms with Crippen LogP contribution in [-0.4, -0.2) is 40.1 Å². The van der Waals surface area contributed by atoms with Crippen LogP contribution in [0.1, 0.15) is 33.0 Å². The van der Waals surface area contributed by atoms with Crippen LogP contribution in [0, 0.1) is 0 Å². The minimum Gasteiger partial charge on any atom is -0.467 e. The Morgan fingerprint density at radius 3 is 2.73 bits per heavy atom. The van der Waals surface area contributed by atoms with E-state index in [1.165, 1.54) is 11.2 Å². The molecule has 0 bridgehead atoms. The number of urea groups is 1. The molecule has 0 aromatic carbocycles. The second-order valence-electron chi connectivity index (χ2n) is 5.88. The van der Waals surface area contributed by atoms with Crippen LogP contribution in [0.2, 0.25) is 0 Å². The van der Waals surface area contributed by atoms with Gasteiger partial charge in [-0.15, -0.1) is 0 Å². The third-order valence-electron chi connectivity index (χ3n) is 2.84. The Labute approximate surface area is 128 Å². The smallest absolute Gasteiger partial charge is 0.427 e. The lowest BCUT2D eigenvalue weighted by atomic mass is 10.2. The number of carbonyl (C=O) groups is 3. The van der Waals surface area contributed by atoms with Crippen LogP contribution in [0.15, 0.2) is 22.8 Å². The van der Waals surface area contributed by atoms with Crippen molar-refractivity contribution in [2.45, 2.75) is 39.3 Å². The lowest BCUT2D eigenvalue weighted by Gasteiger charge is -2.33. The fourth-order valence-corrected chi connectivity index (χ4v) is 1.93. The highest BCUT2D eigenvalue weighted by Crippen LogP contribution is 2.14. The minimum atomic E-state index is -0.853. The summed E-state index contributed by atoms with van der Waals surface area (Å²) in [6.45, 7) is 5.57. The van der Waals surface area contributed by atoms with Crippen molar-refractivity contribution in [3.8, 4) is 0 Å². The van der Waals surface area contributed by atoms with Gasteiger partial charge in [0, 0.05) is 13.0 Å². The van der Waals surface area contributed by atoms with Gasteiger partial charge in [0.25, 0.3) is 5.91 Å². The van der Waals surface area contributed by atoms with Crippen molar-refractivity contribution < 1.29 is 23.5 Å². The highest BCUT2D eigenvalue weighted by molar-refractivity contribution is 5.97. The molecule has 0 unspecified atom stereocenters. The van der Waals surface area contributed by atoms with Crippen LogP contribution >= 0.6 is 0 Å². The van der Waals surface area contributed by atoms with E-state index < -0.39 is 23.6 Å². The van der Waals surface area contributed by atoms with Crippen molar-refractivity contribution in [3.05, 3.63) is 24.2 Å². The third kappa shape index (κ3) is 4.00. The maximum atomic E-state index is 12.3. The number of rotatable bonds is 3. The Bertz CT molecular complexity index is 562. The predicted octanol–water partition coefficient (Wildman–Crippen LogP) is 1.87. The van der Waals surface area contributed by atoms with Gasteiger partial charge < -0.3 is 14.1 Å². The number of nitrogens with one attached hydrogen (secondary N) is 1. The Morgan fingerprint density at radius 1 is 1.41 bits per heavy atom. The van der Waals surface area contributed by atoms with Gasteiger partial charge in [-0.1, -0.05) is 0 Å². The predicted molar refractivity (Wildman–Crippen MR) is 75.3 cm³/mol. The molecule has 1 aliphatic heterocycles. The van der Waals surface area contributed by atoms with Gasteiger partial charge in [0.15, 0.2) is 0 Å². The molecule has 2 rings (SSSR count). The van der Waals surface area contributed by atoms with Gasteiger partial charge in [0.1, 0.15) is 11.4 Å². The first kappa shape index (κ1) is 15.9. The van der Waals surface area contributed by atoms with Gasteiger partial charge in [0.05, 0.1) is 12.8 Å². The molecule has 4 amide bonds. The fourth-order valence-electron chi connectivity index (χ4n) is 1.93. The molecule has 8 nitrogen and oxygen atoms in total. The van der Waals surface area contributed by atoms with E-state index in [1.807, 2.05) is 0 Å². The number of hydrogen-bond donors (Lipinski definition) is 1. The molecule has 0 aliphatic carbocycles. The number of nitrogens with zero attached hydrogens (tertiary/aromatic N) is 2. The zero-order chi connectivity index (χ0) is 16.3. The third-order valence-corrected chi connectivity index (χ3v) is 2.84. The first-order chi connectivity index (χ1) is 10.3. The zero-order valence-electron chi connectivity index (χ0n) is 12.8. The maximum absolute atomic E-state index is 12.3. The molecule has 8 heteroatoms. The molecule has 22 heavy (non-hydrogen) atoms. The normalized spacial score (nSPS) is 16.0. The number of hydrazine groups is 1. The molecular formula is C14H19N3O5. The van der Waals surface area contributed by atoms with Crippen LogP contribution in [0.5, 0.6) is 0 Å². The van der Waals surface area contributed by atoms with Crippen molar-refractivity contribution >= 4 is 18.0 Å². The van der Waals surface area contributed by atoms with Crippen LogP contribution < -0.4 is 5.43 Å². The van der Waals surface area contributed by atoms with Gasteiger partial charge in [-0.25, -0.2) is 15.0 Å². The number of amides is 4. The molecule has 1 fully saturated rings. The van der Waals surface area contributed by atoms with E-state index in [-0.39, 0.29) is 19.5 Å². The number of furan rings is 1. The van der Waals surface area contributed by atoms with E-state index in [4.69, 9.17) is 9.15 Å². The van der Waals surface area contributed by atoms with Crippen LogP contribution in [0.25, 0.3) is 0 Å². The summed E-state index contributed by atoms with van der Waals surface area (Å²) in [6, 6.07) is 2.83. The summed E-state index contributed by atoms with van der Waals surface area (Å²) in [6.07, 6.45) is 0.766. The average molecular weight is 309 g/mol. The second kappa shape index (κ2) is 6.08. The number of imide groups is 1. The summed E-state index contributed by atoms with van der Waals surface area (Å²) in [5, 5.41) is 0.681. The fraction of sp³-hybridized carbons (Fsp3) is 0.500. The van der Waals surface area contributed by atoms with Crippen LogP contribution in [0.4, 0.5) is 9.59 Å². The standard InChI is InChI=1S/C14H19N3O5/c1-14(2,3)22-12(19)15-17-11(18)6-7-16(13(17)20)9-10-5-4-8-21-10/h4-5,8H,6-7,9H2,1-3H3,(H,15,19). The molecule has 0 saturated carbocycles. The van der Waals surface area contributed by atoms with Gasteiger partial charge >= 0.3 is 12.1 Å². The Kier molecular flexibility index (Phi) is 4.39. The van der Waals surface area contributed by atoms with Crippen molar-refractivity contribution in [1.29, 1.82) is 0 Å². The minimum absolute atomic E-state index is 0.113. The summed E-state index contributed by atoms with van der Waals surface area (Å²) in [7, 11) is 0. The lowest BCUT2D eigenvalue weighted by Crippen LogP contribution is -2.59. The molecule has 1 aromatic rings. The van der Waals surface area contributed by atoms with Crippen molar-refractivity contribution in [2.75, 3.05) is 6.54 Å². The molecule has 120 valence electrons. The van der Waals surface area contributed by atoms with Crippen LogP contribution in [0.3, 0.4) is 0 Å². The quantitative estimate of drug-likeness (QED) is 0.920. The largest absolute Gasteiger partial charge is 0.467 e.